The van der Waals surface area contributed by atoms with Gasteiger partial charge in [-0.2, -0.15) is 0 Å². The van der Waals surface area contributed by atoms with Crippen LogP contribution in [0.25, 0.3) is 0 Å². The van der Waals surface area contributed by atoms with Gasteiger partial charge in [0.05, 0.1) is 7.11 Å². The van der Waals surface area contributed by atoms with Crippen molar-refractivity contribution in [2.24, 2.45) is 5.73 Å². The van der Waals surface area contributed by atoms with E-state index in [1.165, 1.54) is 19.2 Å². The fourth-order valence-corrected chi connectivity index (χ4v) is 1.63. The monoisotopic (exact) mass is 275 g/mol. The molecule has 0 aliphatic carbocycles. The Bertz CT molecular complexity index is 394. The number of rotatable bonds is 3. The van der Waals surface area contributed by atoms with Gasteiger partial charge in [-0.05, 0) is 28.1 Å². The van der Waals surface area contributed by atoms with Gasteiger partial charge in [0.1, 0.15) is 22.0 Å². The Morgan fingerprint density at radius 1 is 1.60 bits per heavy atom. The second-order valence-corrected chi connectivity index (χ2v) is 3.63. The quantitative estimate of drug-likeness (QED) is 0.772. The van der Waals surface area contributed by atoms with Crippen LogP contribution in [0.5, 0.6) is 11.5 Å². The molecule has 0 fully saturated rings. The van der Waals surface area contributed by atoms with E-state index in [1.807, 2.05) is 0 Å². The van der Waals surface area contributed by atoms with Crippen molar-refractivity contribution in [3.05, 3.63) is 22.2 Å². The number of carboxylic acids is 1. The van der Waals surface area contributed by atoms with Crippen LogP contribution in [-0.2, 0) is 4.79 Å². The molecule has 0 amide bonds. The van der Waals surface area contributed by atoms with Gasteiger partial charge >= 0.3 is 5.97 Å². The highest BCUT2D eigenvalue weighted by molar-refractivity contribution is 9.10. The number of nitrogens with two attached hydrogens (primary N) is 1. The zero-order chi connectivity index (χ0) is 11.6. The van der Waals surface area contributed by atoms with Crippen molar-refractivity contribution in [1.82, 2.24) is 0 Å². The first kappa shape index (κ1) is 11.8. The fourth-order valence-electron chi connectivity index (χ4n) is 1.10. The maximum Gasteiger partial charge on any atom is 0.325 e. The number of hydrogen-bond donors (Lipinski definition) is 3. The molecule has 0 aliphatic rings. The van der Waals surface area contributed by atoms with Gasteiger partial charge in [-0.15, -0.1) is 0 Å². The molecule has 82 valence electrons. The lowest BCUT2D eigenvalue weighted by atomic mass is 10.1. The lowest BCUT2D eigenvalue weighted by Crippen LogP contribution is -2.20. The summed E-state index contributed by atoms with van der Waals surface area (Å²) in [5.41, 5.74) is 5.51. The summed E-state index contributed by atoms with van der Waals surface area (Å²) in [4.78, 5) is 10.6. The van der Waals surface area contributed by atoms with Gasteiger partial charge in [-0.25, -0.2) is 0 Å². The molecular formula is C9H10BrNO4. The molecule has 1 unspecified atom stereocenters. The van der Waals surface area contributed by atoms with Crippen molar-refractivity contribution in [3.8, 4) is 11.5 Å². The smallest absolute Gasteiger partial charge is 0.325 e. The summed E-state index contributed by atoms with van der Waals surface area (Å²) in [6.45, 7) is 0. The summed E-state index contributed by atoms with van der Waals surface area (Å²) in [7, 11) is 1.44. The minimum absolute atomic E-state index is 0.134. The van der Waals surface area contributed by atoms with E-state index in [-0.39, 0.29) is 11.3 Å². The summed E-state index contributed by atoms with van der Waals surface area (Å²) in [6.07, 6.45) is 0. The summed E-state index contributed by atoms with van der Waals surface area (Å²) in [5, 5.41) is 18.4. The van der Waals surface area contributed by atoms with Crippen LogP contribution in [0, 0.1) is 0 Å². The van der Waals surface area contributed by atoms with Gasteiger partial charge in [0, 0.05) is 5.56 Å². The molecule has 0 spiro atoms. The number of benzene rings is 1. The third-order valence-electron chi connectivity index (χ3n) is 1.93. The second-order valence-electron chi connectivity index (χ2n) is 2.84. The molecule has 0 radical (unpaired) electrons. The van der Waals surface area contributed by atoms with E-state index in [0.717, 1.165) is 0 Å². The average Bonchev–Trinajstić information content (AvgIpc) is 2.21. The molecule has 1 aromatic carbocycles. The highest BCUT2D eigenvalue weighted by Gasteiger charge is 2.21. The molecule has 5 nitrogen and oxygen atoms in total. The van der Waals surface area contributed by atoms with Gasteiger partial charge in [0.25, 0.3) is 0 Å². The number of carboxylic acid groups (broad SMARTS) is 1. The van der Waals surface area contributed by atoms with Crippen LogP contribution in [-0.4, -0.2) is 23.3 Å². The highest BCUT2D eigenvalue weighted by Crippen LogP contribution is 2.38. The topological polar surface area (TPSA) is 92.8 Å². The van der Waals surface area contributed by atoms with E-state index in [9.17, 15) is 9.90 Å². The van der Waals surface area contributed by atoms with Gasteiger partial charge in [-0.1, -0.05) is 0 Å². The van der Waals surface area contributed by atoms with Gasteiger partial charge < -0.3 is 20.7 Å². The van der Waals surface area contributed by atoms with Crippen molar-refractivity contribution >= 4 is 21.9 Å². The molecule has 6 heteroatoms. The standard InChI is InChI=1S/C9H10BrNO4/c1-15-5-3-2-4(7(11)9(13)14)8(12)6(5)10/h2-3,7,12H,11H2,1H3,(H,13,14). The first-order chi connectivity index (χ1) is 6.99. The summed E-state index contributed by atoms with van der Waals surface area (Å²) in [6, 6.07) is 1.69. The Hall–Kier alpha value is -1.27. The highest BCUT2D eigenvalue weighted by atomic mass is 79.9. The number of aromatic hydroxyl groups is 1. The van der Waals surface area contributed by atoms with Crippen LogP contribution in [0.1, 0.15) is 11.6 Å². The van der Waals surface area contributed by atoms with Crippen LogP contribution in [0.15, 0.2) is 16.6 Å². The van der Waals surface area contributed by atoms with Gasteiger partial charge in [-0.3, -0.25) is 4.79 Å². The number of ether oxygens (including phenoxy) is 1. The van der Waals surface area contributed by atoms with Gasteiger partial charge in [0.15, 0.2) is 0 Å². The van der Waals surface area contributed by atoms with Crippen LogP contribution in [0.2, 0.25) is 0 Å². The van der Waals surface area contributed by atoms with Crippen LogP contribution >= 0.6 is 15.9 Å². The number of phenols is 1. The molecule has 1 rings (SSSR count). The molecule has 0 saturated carbocycles. The van der Waals surface area contributed by atoms with E-state index in [0.29, 0.717) is 10.2 Å². The van der Waals surface area contributed by atoms with Crippen molar-refractivity contribution in [2.75, 3.05) is 7.11 Å². The number of methoxy groups -OCH3 is 1. The zero-order valence-corrected chi connectivity index (χ0v) is 9.48. The molecule has 0 saturated heterocycles. The lowest BCUT2D eigenvalue weighted by molar-refractivity contribution is -0.138. The Morgan fingerprint density at radius 3 is 2.67 bits per heavy atom. The molecule has 0 aliphatic heterocycles. The minimum atomic E-state index is -1.26. The molecule has 15 heavy (non-hydrogen) atoms. The number of phenolic OH excluding ortho intramolecular Hbond substituents is 1. The Morgan fingerprint density at radius 2 is 2.20 bits per heavy atom. The molecule has 0 aromatic heterocycles. The van der Waals surface area contributed by atoms with E-state index in [4.69, 9.17) is 15.6 Å². The lowest BCUT2D eigenvalue weighted by Gasteiger charge is -2.12. The molecule has 0 heterocycles. The van der Waals surface area contributed by atoms with Crippen molar-refractivity contribution in [1.29, 1.82) is 0 Å². The zero-order valence-electron chi connectivity index (χ0n) is 7.90. The molecule has 1 aromatic rings. The first-order valence-corrected chi connectivity index (χ1v) is 4.82. The molecule has 0 bridgehead atoms. The SMILES string of the molecule is COc1ccc(C(N)C(=O)O)c(O)c1Br. The average molecular weight is 276 g/mol. The fraction of sp³-hybridized carbons (Fsp3) is 0.222. The second kappa shape index (κ2) is 4.50. The van der Waals surface area contributed by atoms with Crippen molar-refractivity contribution in [2.45, 2.75) is 6.04 Å². The van der Waals surface area contributed by atoms with Gasteiger partial charge in [0.2, 0.25) is 0 Å². The Labute approximate surface area is 94.6 Å². The van der Waals surface area contributed by atoms with E-state index in [1.54, 1.807) is 0 Å². The third-order valence-corrected chi connectivity index (χ3v) is 2.70. The Balaban J connectivity index is 3.23. The number of hydrogen-bond acceptors (Lipinski definition) is 4. The van der Waals surface area contributed by atoms with Crippen LogP contribution in [0.3, 0.4) is 0 Å². The molecule has 1 atom stereocenters. The normalized spacial score (nSPS) is 12.2. The number of carbonyl (C=O) groups is 1. The molecular weight excluding hydrogens is 266 g/mol. The third kappa shape index (κ3) is 2.21. The van der Waals surface area contributed by atoms with E-state index in [2.05, 4.69) is 15.9 Å². The van der Waals surface area contributed by atoms with Crippen LogP contribution in [0.4, 0.5) is 0 Å². The van der Waals surface area contributed by atoms with Crippen molar-refractivity contribution in [3.63, 3.8) is 0 Å². The minimum Gasteiger partial charge on any atom is -0.506 e. The first-order valence-electron chi connectivity index (χ1n) is 4.02. The summed E-state index contributed by atoms with van der Waals surface area (Å²) < 4.78 is 5.22. The molecule has 4 N–H and O–H groups in total. The number of halogens is 1. The maximum absolute atomic E-state index is 10.6. The summed E-state index contributed by atoms with van der Waals surface area (Å²) >= 11 is 3.09. The number of aliphatic carboxylic acids is 1. The van der Waals surface area contributed by atoms with Crippen molar-refractivity contribution < 1.29 is 19.7 Å². The van der Waals surface area contributed by atoms with E-state index >= 15 is 0 Å². The van der Waals surface area contributed by atoms with E-state index < -0.39 is 12.0 Å². The maximum atomic E-state index is 10.6. The summed E-state index contributed by atoms with van der Waals surface area (Å²) in [5.74, 6) is -1.01. The predicted octanol–water partition coefficient (Wildman–Crippen LogP) is 1.25. The van der Waals surface area contributed by atoms with Crippen LogP contribution < -0.4 is 10.5 Å². The Kier molecular flexibility index (Phi) is 3.54. The largest absolute Gasteiger partial charge is 0.506 e. The predicted molar refractivity (Wildman–Crippen MR) is 56.9 cm³/mol.